The monoisotopic (exact) mass is 420 g/mol. The van der Waals surface area contributed by atoms with E-state index >= 15 is 0 Å². The molecule has 4 aromatic rings. The van der Waals surface area contributed by atoms with Gasteiger partial charge < -0.3 is 4.74 Å². The van der Waals surface area contributed by atoms with Crippen LogP contribution in [0.4, 0.5) is 4.39 Å². The minimum atomic E-state index is -0.563. The average molecular weight is 420 g/mol. The summed E-state index contributed by atoms with van der Waals surface area (Å²) in [7, 11) is 0. The number of nitrogens with zero attached hydrogens (tertiary/aromatic N) is 6. The van der Waals surface area contributed by atoms with E-state index in [9.17, 15) is 9.18 Å². The summed E-state index contributed by atoms with van der Waals surface area (Å²) in [5.41, 5.74) is 2.06. The van der Waals surface area contributed by atoms with Crippen LogP contribution in [0.1, 0.15) is 35.9 Å². The number of unbranched alkanes of at least 4 members (excludes halogenated alkanes) is 1. The maximum absolute atomic E-state index is 13.4. The van der Waals surface area contributed by atoms with Crippen molar-refractivity contribution < 1.29 is 13.9 Å². The first kappa shape index (κ1) is 20.4. The molecule has 0 saturated heterocycles. The van der Waals surface area contributed by atoms with Crippen molar-refractivity contribution in [1.29, 1.82) is 0 Å². The molecule has 31 heavy (non-hydrogen) atoms. The first-order chi connectivity index (χ1) is 15.2. The molecule has 2 aromatic heterocycles. The molecule has 0 unspecified atom stereocenters. The van der Waals surface area contributed by atoms with Crippen LogP contribution in [-0.2, 0) is 17.9 Å². The van der Waals surface area contributed by atoms with Gasteiger partial charge in [-0.05, 0) is 53.2 Å². The van der Waals surface area contributed by atoms with Crippen molar-refractivity contribution in [3.05, 3.63) is 78.0 Å². The van der Waals surface area contributed by atoms with Crippen molar-refractivity contribution in [1.82, 2.24) is 30.0 Å². The maximum Gasteiger partial charge on any atom is 0.342 e. The first-order valence-electron chi connectivity index (χ1n) is 9.99. The predicted molar refractivity (Wildman–Crippen MR) is 111 cm³/mol. The second kappa shape index (κ2) is 9.29. The Bertz CT molecular complexity index is 1150. The summed E-state index contributed by atoms with van der Waals surface area (Å²) in [4.78, 5) is 12.9. The maximum atomic E-state index is 13.4. The Morgan fingerprint density at radius 2 is 1.87 bits per heavy atom. The molecule has 0 spiro atoms. The van der Waals surface area contributed by atoms with Crippen molar-refractivity contribution in [2.45, 2.75) is 32.9 Å². The third kappa shape index (κ3) is 4.66. The van der Waals surface area contributed by atoms with Crippen molar-refractivity contribution >= 4 is 5.97 Å². The highest BCUT2D eigenvalue weighted by atomic mass is 19.1. The lowest BCUT2D eigenvalue weighted by molar-refractivity contribution is 0.0457. The van der Waals surface area contributed by atoms with Crippen LogP contribution in [-0.4, -0.2) is 36.0 Å². The second-order valence-corrected chi connectivity index (χ2v) is 6.93. The summed E-state index contributed by atoms with van der Waals surface area (Å²) in [6, 6.07) is 15.2. The van der Waals surface area contributed by atoms with Crippen LogP contribution in [0.25, 0.3) is 16.9 Å². The number of hydrogen-bond acceptors (Lipinski definition) is 6. The fraction of sp³-hybridized carbons (Fsp3) is 0.227. The fourth-order valence-corrected chi connectivity index (χ4v) is 3.07. The van der Waals surface area contributed by atoms with E-state index in [0.29, 0.717) is 23.6 Å². The predicted octanol–water partition coefficient (Wildman–Crippen LogP) is 3.82. The summed E-state index contributed by atoms with van der Waals surface area (Å²) in [6.07, 6.45) is 3.53. The van der Waals surface area contributed by atoms with E-state index in [4.69, 9.17) is 4.74 Å². The van der Waals surface area contributed by atoms with Crippen molar-refractivity contribution in [2.75, 3.05) is 0 Å². The molecule has 0 fully saturated rings. The van der Waals surface area contributed by atoms with Gasteiger partial charge in [0.25, 0.3) is 0 Å². The quantitative estimate of drug-likeness (QED) is 0.403. The number of carbonyl (C=O) groups is 1. The summed E-state index contributed by atoms with van der Waals surface area (Å²) in [6.45, 7) is 2.67. The Hall–Kier alpha value is -3.88. The van der Waals surface area contributed by atoms with Crippen LogP contribution >= 0.6 is 0 Å². The number of rotatable bonds is 8. The zero-order valence-corrected chi connectivity index (χ0v) is 17.0. The van der Waals surface area contributed by atoms with Gasteiger partial charge in [0.1, 0.15) is 17.1 Å². The van der Waals surface area contributed by atoms with Crippen LogP contribution in [0.5, 0.6) is 0 Å². The summed E-state index contributed by atoms with van der Waals surface area (Å²) in [5.74, 6) is -0.457. The highest BCUT2D eigenvalue weighted by Gasteiger charge is 2.21. The van der Waals surface area contributed by atoms with Crippen LogP contribution in [0.2, 0.25) is 0 Å². The van der Waals surface area contributed by atoms with Crippen LogP contribution in [0, 0.1) is 5.82 Å². The summed E-state index contributed by atoms with van der Waals surface area (Å²) in [5, 5.41) is 16.1. The molecule has 0 aliphatic carbocycles. The first-order valence-corrected chi connectivity index (χ1v) is 9.99. The molecule has 0 aliphatic rings. The highest BCUT2D eigenvalue weighted by molar-refractivity contribution is 5.96. The number of carbonyl (C=O) groups excluding carboxylic acids is 1. The van der Waals surface area contributed by atoms with Crippen molar-refractivity contribution in [3.63, 3.8) is 0 Å². The summed E-state index contributed by atoms with van der Waals surface area (Å²) >= 11 is 0. The average Bonchev–Trinajstić information content (AvgIpc) is 3.44. The Balaban J connectivity index is 1.61. The molecular weight excluding hydrogens is 399 g/mol. The van der Waals surface area contributed by atoms with E-state index in [1.54, 1.807) is 27.7 Å². The molecular formula is C22H21FN6O2. The molecule has 0 aliphatic heterocycles. The third-order valence-corrected chi connectivity index (χ3v) is 4.73. The number of benzene rings is 2. The van der Waals surface area contributed by atoms with Gasteiger partial charge in [-0.25, -0.2) is 18.5 Å². The Labute approximate surface area is 178 Å². The standard InChI is InChI=1S/C22H21FN6O2/c1-2-3-13-28-20(24-26-27-28)15-31-22(30)19-14-29(18-7-5-4-6-8-18)25-21(19)16-9-11-17(23)12-10-16/h4-12,14H,2-3,13,15H2,1H3. The van der Waals surface area contributed by atoms with Gasteiger partial charge in [-0.2, -0.15) is 5.10 Å². The lowest BCUT2D eigenvalue weighted by Gasteiger charge is -2.06. The number of halogens is 1. The lowest BCUT2D eigenvalue weighted by atomic mass is 10.1. The molecule has 0 amide bonds. The van der Waals surface area contributed by atoms with E-state index in [0.717, 1.165) is 18.5 Å². The van der Waals surface area contributed by atoms with E-state index in [2.05, 4.69) is 27.5 Å². The number of aryl methyl sites for hydroxylation is 1. The number of ether oxygens (including phenoxy) is 1. The Morgan fingerprint density at radius 1 is 1.10 bits per heavy atom. The molecule has 8 nitrogen and oxygen atoms in total. The minimum absolute atomic E-state index is 0.0606. The van der Waals surface area contributed by atoms with Crippen LogP contribution < -0.4 is 0 Å². The van der Waals surface area contributed by atoms with Gasteiger partial charge >= 0.3 is 5.97 Å². The van der Waals surface area contributed by atoms with Gasteiger partial charge in [-0.1, -0.05) is 31.5 Å². The van der Waals surface area contributed by atoms with Gasteiger partial charge in [-0.3, -0.25) is 0 Å². The molecule has 0 atom stereocenters. The van der Waals surface area contributed by atoms with E-state index in [1.165, 1.54) is 12.1 Å². The highest BCUT2D eigenvalue weighted by Crippen LogP contribution is 2.25. The molecule has 0 radical (unpaired) electrons. The van der Waals surface area contributed by atoms with Crippen molar-refractivity contribution in [2.24, 2.45) is 0 Å². The number of aromatic nitrogens is 6. The topological polar surface area (TPSA) is 87.7 Å². The lowest BCUT2D eigenvalue weighted by Crippen LogP contribution is -2.11. The van der Waals surface area contributed by atoms with Crippen LogP contribution in [0.3, 0.4) is 0 Å². The number of tetrazole rings is 1. The molecule has 0 saturated carbocycles. The van der Waals surface area contributed by atoms with Gasteiger partial charge in [0.05, 0.1) is 5.69 Å². The van der Waals surface area contributed by atoms with E-state index in [-0.39, 0.29) is 18.0 Å². The molecule has 2 heterocycles. The molecule has 0 N–H and O–H groups in total. The number of esters is 1. The smallest absolute Gasteiger partial charge is 0.342 e. The van der Waals surface area contributed by atoms with Gasteiger partial charge in [0, 0.05) is 18.3 Å². The number of para-hydroxylation sites is 1. The number of hydrogen-bond donors (Lipinski definition) is 0. The zero-order chi connectivity index (χ0) is 21.6. The third-order valence-electron chi connectivity index (χ3n) is 4.73. The normalized spacial score (nSPS) is 10.9. The fourth-order valence-electron chi connectivity index (χ4n) is 3.07. The molecule has 4 rings (SSSR count). The van der Waals surface area contributed by atoms with E-state index in [1.807, 2.05) is 30.3 Å². The van der Waals surface area contributed by atoms with Gasteiger partial charge in [0.2, 0.25) is 0 Å². The summed E-state index contributed by atoms with van der Waals surface area (Å²) < 4.78 is 22.1. The second-order valence-electron chi connectivity index (χ2n) is 6.93. The molecule has 158 valence electrons. The minimum Gasteiger partial charge on any atom is -0.454 e. The van der Waals surface area contributed by atoms with Gasteiger partial charge in [-0.15, -0.1) is 5.10 Å². The van der Waals surface area contributed by atoms with Crippen molar-refractivity contribution in [3.8, 4) is 16.9 Å². The van der Waals surface area contributed by atoms with E-state index < -0.39 is 5.97 Å². The SMILES string of the molecule is CCCCn1nnnc1COC(=O)c1cn(-c2ccccc2)nc1-c1ccc(F)cc1. The molecule has 0 bridgehead atoms. The molecule has 2 aromatic carbocycles. The van der Waals surface area contributed by atoms with Gasteiger partial charge in [0.15, 0.2) is 12.4 Å². The zero-order valence-electron chi connectivity index (χ0n) is 17.0. The van der Waals surface area contributed by atoms with Crippen LogP contribution in [0.15, 0.2) is 60.8 Å². The molecule has 9 heteroatoms. The Morgan fingerprint density at radius 3 is 2.61 bits per heavy atom. The largest absolute Gasteiger partial charge is 0.454 e. The Kier molecular flexibility index (Phi) is 6.11.